The molecule has 0 bridgehead atoms. The van der Waals surface area contributed by atoms with Crippen molar-refractivity contribution in [3.05, 3.63) is 80.5 Å². The Balaban J connectivity index is 1.27. The van der Waals surface area contributed by atoms with E-state index < -0.39 is 47.0 Å². The third kappa shape index (κ3) is 9.50. The van der Waals surface area contributed by atoms with E-state index in [4.69, 9.17) is 4.74 Å². The molecule has 14 heteroatoms. The molecule has 0 aliphatic carbocycles. The van der Waals surface area contributed by atoms with Gasteiger partial charge in [0.25, 0.3) is 11.8 Å². The van der Waals surface area contributed by atoms with Crippen molar-refractivity contribution >= 4 is 17.8 Å². The summed E-state index contributed by atoms with van der Waals surface area (Å²) in [7, 11) is 0. The van der Waals surface area contributed by atoms with E-state index in [2.05, 4.69) is 22.6 Å². The van der Waals surface area contributed by atoms with Crippen LogP contribution in [0.1, 0.15) is 134 Å². The summed E-state index contributed by atoms with van der Waals surface area (Å²) < 4.78 is 36.9. The van der Waals surface area contributed by atoms with Gasteiger partial charge in [-0.15, -0.1) is 5.10 Å². The Labute approximate surface area is 302 Å². The third-order valence-corrected chi connectivity index (χ3v) is 10.1. The van der Waals surface area contributed by atoms with Gasteiger partial charge in [-0.1, -0.05) is 69.6 Å². The molecule has 2 aromatic heterocycles. The number of carboxylic acid groups (broad SMARTS) is 1. The zero-order valence-electron chi connectivity index (χ0n) is 30.1. The number of hydrogen-bond acceptors (Lipinski definition) is 7. The number of carbonyl (C=O) groups is 3. The van der Waals surface area contributed by atoms with Gasteiger partial charge in [0.15, 0.2) is 11.7 Å². The maximum Gasteiger partial charge on any atom is 0.311 e. The number of carbonyl (C=O) groups excluding carboxylic acids is 2. The number of benzene rings is 1. The summed E-state index contributed by atoms with van der Waals surface area (Å²) in [6.45, 7) is 5.11. The lowest BCUT2D eigenvalue weighted by atomic mass is 9.88. The number of nitrogens with zero attached hydrogens (tertiary/aromatic N) is 5. The van der Waals surface area contributed by atoms with Crippen LogP contribution in [-0.4, -0.2) is 66.2 Å². The Morgan fingerprint density at radius 1 is 1.04 bits per heavy atom. The number of nitrogens with one attached hydrogen (secondary N) is 1. The first kappa shape index (κ1) is 38.8. The summed E-state index contributed by atoms with van der Waals surface area (Å²) in [5.74, 6) is -5.65. The minimum absolute atomic E-state index is 0.00430. The first-order valence-corrected chi connectivity index (χ1v) is 18.6. The van der Waals surface area contributed by atoms with E-state index in [9.17, 15) is 33.1 Å². The topological polar surface area (TPSA) is 149 Å². The van der Waals surface area contributed by atoms with Gasteiger partial charge in [0.05, 0.1) is 24.8 Å². The van der Waals surface area contributed by atoms with Crippen molar-refractivity contribution in [3.8, 4) is 0 Å². The molecular weight excluding hydrogens is 674 g/mol. The van der Waals surface area contributed by atoms with Crippen LogP contribution >= 0.6 is 0 Å². The number of halogens is 2. The molecule has 2 N–H and O–H groups in total. The molecule has 3 aromatic rings. The molecule has 5 rings (SSSR count). The quantitative estimate of drug-likeness (QED) is 0.144. The van der Waals surface area contributed by atoms with Crippen LogP contribution in [-0.2, 0) is 35.6 Å². The fourth-order valence-electron chi connectivity index (χ4n) is 7.15. The molecular formula is C38H50F2N6O6. The Hall–Kier alpha value is -4.46. The molecule has 2 aliphatic heterocycles. The van der Waals surface area contributed by atoms with Crippen molar-refractivity contribution in [2.75, 3.05) is 6.61 Å². The maximum absolute atomic E-state index is 14.3. The number of fused-ring (bicyclic) bond motifs is 2. The Morgan fingerprint density at radius 3 is 2.56 bits per heavy atom. The van der Waals surface area contributed by atoms with Crippen molar-refractivity contribution in [2.45, 2.75) is 135 Å². The number of unbranched alkanes of at least 4 members (excludes halogenated alkanes) is 8. The van der Waals surface area contributed by atoms with Gasteiger partial charge in [0.2, 0.25) is 0 Å². The number of hydrogen-bond donors (Lipinski definition) is 2. The summed E-state index contributed by atoms with van der Waals surface area (Å²) in [4.78, 5) is 55.8. The highest BCUT2D eigenvalue weighted by Gasteiger charge is 2.43. The molecule has 2 amide bonds. The van der Waals surface area contributed by atoms with Crippen LogP contribution in [0.4, 0.5) is 8.78 Å². The fourth-order valence-corrected chi connectivity index (χ4v) is 7.15. The standard InChI is InChI=1S/C38H50F2N6O6/c1-3-4-5-6-9-12-18-45-22-28(42-43-45)13-10-7-8-11-14-29(38(50)51)33-34-37(49)46-25(2)17-19-52-32(46)24-44(34)23-30(35(33)47)36(48)41-21-26-15-16-27(39)20-31(26)40/h15-16,20,22-23,25,29,32H,3-14,17-19,21,24H2,1-2H3,(H,41,48)(H,50,51)/t25-,29?,32+/m1/s1. The predicted octanol–water partition coefficient (Wildman–Crippen LogP) is 5.96. The van der Waals surface area contributed by atoms with Gasteiger partial charge < -0.3 is 24.6 Å². The summed E-state index contributed by atoms with van der Waals surface area (Å²) in [6, 6.07) is 2.73. The van der Waals surface area contributed by atoms with E-state index in [0.29, 0.717) is 31.9 Å². The highest BCUT2D eigenvalue weighted by atomic mass is 19.1. The van der Waals surface area contributed by atoms with Crippen molar-refractivity contribution in [2.24, 2.45) is 0 Å². The summed E-state index contributed by atoms with van der Waals surface area (Å²) >= 11 is 0. The van der Waals surface area contributed by atoms with Crippen LogP contribution in [0.15, 0.2) is 35.4 Å². The highest BCUT2D eigenvalue weighted by molar-refractivity contribution is 5.99. The molecule has 0 saturated carbocycles. The smallest absolute Gasteiger partial charge is 0.311 e. The van der Waals surface area contributed by atoms with Crippen molar-refractivity contribution in [1.29, 1.82) is 0 Å². The summed E-state index contributed by atoms with van der Waals surface area (Å²) in [5.41, 5.74) is -0.615. The number of amides is 2. The molecule has 0 spiro atoms. The summed E-state index contributed by atoms with van der Waals surface area (Å²) in [5, 5.41) is 21.5. The Bertz CT molecular complexity index is 1780. The molecule has 52 heavy (non-hydrogen) atoms. The van der Waals surface area contributed by atoms with Gasteiger partial charge in [0, 0.05) is 48.7 Å². The molecule has 3 atom stereocenters. The number of rotatable bonds is 19. The number of aromatic nitrogens is 4. The molecule has 282 valence electrons. The van der Waals surface area contributed by atoms with Gasteiger partial charge in [-0.3, -0.25) is 23.9 Å². The van der Waals surface area contributed by atoms with Crippen LogP contribution in [0.2, 0.25) is 0 Å². The van der Waals surface area contributed by atoms with Crippen LogP contribution < -0.4 is 10.7 Å². The van der Waals surface area contributed by atoms with Crippen LogP contribution in [0.3, 0.4) is 0 Å². The second kappa shape index (κ2) is 18.3. The first-order valence-electron chi connectivity index (χ1n) is 18.6. The van der Waals surface area contributed by atoms with E-state index in [1.807, 2.05) is 17.8 Å². The highest BCUT2D eigenvalue weighted by Crippen LogP contribution is 2.32. The molecule has 4 heterocycles. The zero-order chi connectivity index (χ0) is 37.2. The van der Waals surface area contributed by atoms with E-state index in [1.165, 1.54) is 48.9 Å². The number of carboxylic acids is 1. The molecule has 2 aliphatic rings. The SMILES string of the molecule is CCCCCCCCn1cc(CCCCCCC(C(=O)O)c2c3n(cc(C(=O)NCc4ccc(F)cc4F)c2=O)C[C@@H]2OCC[C@@H](C)N2C3=O)nn1. The van der Waals surface area contributed by atoms with Gasteiger partial charge in [-0.05, 0) is 45.1 Å². The molecule has 12 nitrogen and oxygen atoms in total. The molecule has 1 unspecified atom stereocenters. The van der Waals surface area contributed by atoms with Crippen LogP contribution in [0.25, 0.3) is 0 Å². The second-order valence-electron chi connectivity index (χ2n) is 14.0. The zero-order valence-corrected chi connectivity index (χ0v) is 30.1. The largest absolute Gasteiger partial charge is 0.481 e. The van der Waals surface area contributed by atoms with E-state index in [1.54, 1.807) is 4.90 Å². The third-order valence-electron chi connectivity index (χ3n) is 10.1. The molecule has 0 radical (unpaired) electrons. The predicted molar refractivity (Wildman–Crippen MR) is 189 cm³/mol. The average molecular weight is 725 g/mol. The average Bonchev–Trinajstić information content (AvgIpc) is 3.56. The number of pyridine rings is 1. The first-order chi connectivity index (χ1) is 25.1. The monoisotopic (exact) mass is 724 g/mol. The van der Waals surface area contributed by atoms with Crippen molar-refractivity contribution < 1.29 is 33.0 Å². The number of ether oxygens (including phenoxy) is 1. The van der Waals surface area contributed by atoms with Gasteiger partial charge in [-0.25, -0.2) is 8.78 Å². The lowest BCUT2D eigenvalue weighted by Crippen LogP contribution is -2.57. The van der Waals surface area contributed by atoms with E-state index in [0.717, 1.165) is 44.0 Å². The van der Waals surface area contributed by atoms with Gasteiger partial charge in [-0.2, -0.15) is 0 Å². The minimum atomic E-state index is -1.35. The normalized spacial score (nSPS) is 17.5. The number of aryl methyl sites for hydroxylation is 2. The second-order valence-corrected chi connectivity index (χ2v) is 14.0. The van der Waals surface area contributed by atoms with E-state index >= 15 is 0 Å². The lowest BCUT2D eigenvalue weighted by Gasteiger charge is -2.44. The van der Waals surface area contributed by atoms with Crippen LogP contribution in [0, 0.1) is 11.6 Å². The molecule has 1 aromatic carbocycles. The van der Waals surface area contributed by atoms with E-state index in [-0.39, 0.29) is 47.9 Å². The molecule has 1 saturated heterocycles. The van der Waals surface area contributed by atoms with Crippen molar-refractivity contribution in [3.63, 3.8) is 0 Å². The lowest BCUT2D eigenvalue weighted by molar-refractivity contribution is -0.139. The van der Waals surface area contributed by atoms with Gasteiger partial charge >= 0.3 is 5.97 Å². The maximum atomic E-state index is 14.3. The van der Waals surface area contributed by atoms with Gasteiger partial charge in [0.1, 0.15) is 22.9 Å². The minimum Gasteiger partial charge on any atom is -0.481 e. The number of aliphatic carboxylic acids is 1. The van der Waals surface area contributed by atoms with Crippen molar-refractivity contribution in [1.82, 2.24) is 29.8 Å². The molecule has 1 fully saturated rings. The Morgan fingerprint density at radius 2 is 1.79 bits per heavy atom. The Kier molecular flexibility index (Phi) is 13.7. The van der Waals surface area contributed by atoms with Crippen LogP contribution in [0.5, 0.6) is 0 Å². The summed E-state index contributed by atoms with van der Waals surface area (Å²) in [6.07, 6.45) is 14.1. The fraction of sp³-hybridized carbons (Fsp3) is 0.579.